The lowest BCUT2D eigenvalue weighted by Crippen LogP contribution is -2.27. The number of halogens is 1. The van der Waals surface area contributed by atoms with Crippen LogP contribution in [0, 0.1) is 0 Å². The zero-order valence-corrected chi connectivity index (χ0v) is 22.7. The van der Waals surface area contributed by atoms with E-state index in [2.05, 4.69) is 28.3 Å². The predicted molar refractivity (Wildman–Crippen MR) is 149 cm³/mol. The van der Waals surface area contributed by atoms with Gasteiger partial charge in [0.1, 0.15) is 0 Å². The molecule has 0 spiro atoms. The Morgan fingerprint density at radius 2 is 2.03 bits per heavy atom. The lowest BCUT2D eigenvalue weighted by molar-refractivity contribution is -0.114. The first-order valence-electron chi connectivity index (χ1n) is 12.5. The van der Waals surface area contributed by atoms with Gasteiger partial charge in [0.05, 0.1) is 32.7 Å². The number of carbonyl (C=O) groups is 2. The van der Waals surface area contributed by atoms with Crippen LogP contribution >= 0.6 is 22.9 Å². The van der Waals surface area contributed by atoms with Crippen molar-refractivity contribution in [3.63, 3.8) is 0 Å². The van der Waals surface area contributed by atoms with Crippen LogP contribution in [0.3, 0.4) is 0 Å². The highest BCUT2D eigenvalue weighted by Gasteiger charge is 2.31. The monoisotopic (exact) mass is 536 g/mol. The number of aromatic nitrogens is 3. The fourth-order valence-corrected chi connectivity index (χ4v) is 6.34. The van der Waals surface area contributed by atoms with Crippen LogP contribution in [0.2, 0.25) is 5.02 Å². The van der Waals surface area contributed by atoms with Crippen molar-refractivity contribution in [3.05, 3.63) is 51.8 Å². The van der Waals surface area contributed by atoms with Gasteiger partial charge in [0.25, 0.3) is 5.91 Å². The molecule has 0 atom stereocenters. The number of anilines is 1. The first-order valence-corrected chi connectivity index (χ1v) is 13.7. The van der Waals surface area contributed by atoms with Crippen LogP contribution in [-0.4, -0.2) is 57.8 Å². The molecule has 8 nitrogen and oxygen atoms in total. The minimum atomic E-state index is -0.158. The zero-order valence-electron chi connectivity index (χ0n) is 21.2. The number of thiazole rings is 1. The summed E-state index contributed by atoms with van der Waals surface area (Å²) in [5, 5.41) is 8.88. The van der Waals surface area contributed by atoms with Gasteiger partial charge in [-0.2, -0.15) is 5.10 Å². The fraction of sp³-hybridized carbons (Fsp3) is 0.370. The normalized spacial score (nSPS) is 15.2. The largest absolute Gasteiger partial charge is 0.339 e. The molecular formula is C27H29ClN6O2S. The number of nitrogens with one attached hydrogen (secondary N) is 1. The maximum Gasteiger partial charge on any atom is 0.253 e. The highest BCUT2D eigenvalue weighted by Crippen LogP contribution is 2.44. The third-order valence-corrected chi connectivity index (χ3v) is 7.89. The van der Waals surface area contributed by atoms with E-state index in [9.17, 15) is 9.59 Å². The number of hydrogen-bond acceptors (Lipinski definition) is 6. The number of aliphatic imine (C=N–C) groups is 1. The van der Waals surface area contributed by atoms with Gasteiger partial charge in [0, 0.05) is 50.0 Å². The molecule has 0 saturated carbocycles. The molecule has 2 aliphatic rings. The average Bonchev–Trinajstić information content (AvgIpc) is 3.61. The van der Waals surface area contributed by atoms with Crippen LogP contribution < -0.4 is 5.32 Å². The fourth-order valence-electron chi connectivity index (χ4n) is 4.96. The van der Waals surface area contributed by atoms with Crippen molar-refractivity contribution in [1.82, 2.24) is 19.7 Å². The van der Waals surface area contributed by atoms with E-state index in [0.717, 1.165) is 78.3 Å². The number of carbonyl (C=O) groups excluding carboxylic acids is 2. The van der Waals surface area contributed by atoms with Gasteiger partial charge in [-0.15, -0.1) is 0 Å². The number of hydrogen-bond donors (Lipinski definition) is 1. The summed E-state index contributed by atoms with van der Waals surface area (Å²) in [6.07, 6.45) is 8.36. The van der Waals surface area contributed by atoms with Gasteiger partial charge in [-0.05, 0) is 50.3 Å². The van der Waals surface area contributed by atoms with Gasteiger partial charge in [0.15, 0.2) is 5.13 Å². The molecule has 2 amide bonds. The van der Waals surface area contributed by atoms with Crippen LogP contribution in [-0.2, 0) is 17.6 Å². The molecule has 10 heteroatoms. The van der Waals surface area contributed by atoms with E-state index in [4.69, 9.17) is 16.7 Å². The molecular weight excluding hydrogens is 508 g/mol. The summed E-state index contributed by atoms with van der Waals surface area (Å²) in [7, 11) is 1.75. The maximum atomic E-state index is 13.0. The lowest BCUT2D eigenvalue weighted by Gasteiger charge is -2.17. The van der Waals surface area contributed by atoms with E-state index in [-0.39, 0.29) is 11.8 Å². The number of likely N-dealkylation sites (tertiary alicyclic amines) is 1. The van der Waals surface area contributed by atoms with Crippen LogP contribution in [0.25, 0.3) is 21.8 Å². The van der Waals surface area contributed by atoms with E-state index in [0.29, 0.717) is 21.4 Å². The smallest absolute Gasteiger partial charge is 0.253 e. The summed E-state index contributed by atoms with van der Waals surface area (Å²) in [6.45, 7) is 5.13. The molecule has 1 fully saturated rings. The number of nitrogens with zero attached hydrogens (tertiary/aromatic N) is 5. The first kappa shape index (κ1) is 25.4. The van der Waals surface area contributed by atoms with Crippen LogP contribution in [0.4, 0.5) is 5.13 Å². The zero-order chi connectivity index (χ0) is 26.1. The van der Waals surface area contributed by atoms with Gasteiger partial charge in [0.2, 0.25) is 5.91 Å². The second-order valence-electron chi connectivity index (χ2n) is 9.18. The van der Waals surface area contributed by atoms with Crippen molar-refractivity contribution in [2.45, 2.75) is 46.0 Å². The molecule has 1 aromatic carbocycles. The SMILES string of the molecule is CC/C=C(\C=NC)c1nn(-c2ccc(C(=O)N3CCCC3)cc2Cl)c2c1CCc1nc(NC(C)=O)sc1-2. The van der Waals surface area contributed by atoms with Crippen molar-refractivity contribution in [2.75, 3.05) is 25.5 Å². The maximum absolute atomic E-state index is 13.0. The summed E-state index contributed by atoms with van der Waals surface area (Å²) < 4.78 is 1.86. The van der Waals surface area contributed by atoms with E-state index in [1.807, 2.05) is 27.9 Å². The first-order chi connectivity index (χ1) is 17.9. The Balaban J connectivity index is 1.66. The van der Waals surface area contributed by atoms with Gasteiger partial charge in [-0.3, -0.25) is 14.6 Å². The standard InChI is InChI=1S/C27H29ClN6O2S/c1-4-7-18(15-29-3)23-19-9-10-21-25(37-27(31-21)30-16(2)35)24(19)34(32-23)22-11-8-17(14-20(22)28)26(36)33-12-5-6-13-33/h7-8,11,14-15H,4-6,9-10,12-13H2,1-3H3,(H,30,31,35)/b18-7+,29-15?. The highest BCUT2D eigenvalue weighted by atomic mass is 35.5. The van der Waals surface area contributed by atoms with Crippen molar-refractivity contribution in [3.8, 4) is 16.3 Å². The van der Waals surface area contributed by atoms with E-state index >= 15 is 0 Å². The molecule has 192 valence electrons. The second-order valence-corrected chi connectivity index (χ2v) is 10.6. The van der Waals surface area contributed by atoms with Crippen molar-refractivity contribution >= 4 is 51.7 Å². The molecule has 1 saturated heterocycles. The van der Waals surface area contributed by atoms with Crippen LogP contribution in [0.15, 0.2) is 29.3 Å². The lowest BCUT2D eigenvalue weighted by atomic mass is 9.95. The molecule has 2 aromatic heterocycles. The summed E-state index contributed by atoms with van der Waals surface area (Å²) in [5.74, 6) is -0.153. The van der Waals surface area contributed by atoms with Gasteiger partial charge < -0.3 is 10.2 Å². The number of allylic oxidation sites excluding steroid dienone is 2. The van der Waals surface area contributed by atoms with E-state index < -0.39 is 0 Å². The molecule has 0 radical (unpaired) electrons. The molecule has 3 heterocycles. The Hall–Kier alpha value is -3.30. The Bertz CT molecular complexity index is 1430. The minimum Gasteiger partial charge on any atom is -0.339 e. The van der Waals surface area contributed by atoms with Crippen molar-refractivity contribution in [1.29, 1.82) is 0 Å². The number of aryl methyl sites for hydroxylation is 1. The topological polar surface area (TPSA) is 92.5 Å². The number of benzene rings is 1. The summed E-state index contributed by atoms with van der Waals surface area (Å²) in [5.41, 5.74) is 6.01. The number of amides is 2. The Morgan fingerprint density at radius 3 is 2.70 bits per heavy atom. The van der Waals surface area contributed by atoms with Crippen molar-refractivity contribution < 1.29 is 9.59 Å². The van der Waals surface area contributed by atoms with Crippen molar-refractivity contribution in [2.24, 2.45) is 4.99 Å². The molecule has 37 heavy (non-hydrogen) atoms. The van der Waals surface area contributed by atoms with E-state index in [1.165, 1.54) is 18.3 Å². The summed E-state index contributed by atoms with van der Waals surface area (Å²) in [4.78, 5) is 36.4. The quantitative estimate of drug-likeness (QED) is 0.425. The van der Waals surface area contributed by atoms with Crippen LogP contribution in [0.5, 0.6) is 0 Å². The second kappa shape index (κ2) is 10.6. The van der Waals surface area contributed by atoms with Gasteiger partial charge >= 0.3 is 0 Å². The molecule has 3 aromatic rings. The summed E-state index contributed by atoms with van der Waals surface area (Å²) in [6, 6.07) is 5.43. The molecule has 1 aliphatic carbocycles. The number of rotatable bonds is 6. The third-order valence-electron chi connectivity index (χ3n) is 6.57. The molecule has 5 rings (SSSR count). The molecule has 0 bridgehead atoms. The molecule has 1 N–H and O–H groups in total. The Labute approximate surface area is 225 Å². The summed E-state index contributed by atoms with van der Waals surface area (Å²) >= 11 is 8.26. The van der Waals surface area contributed by atoms with Crippen LogP contribution in [0.1, 0.15) is 60.4 Å². The average molecular weight is 537 g/mol. The predicted octanol–water partition coefficient (Wildman–Crippen LogP) is 5.44. The van der Waals surface area contributed by atoms with Gasteiger partial charge in [-0.1, -0.05) is 35.9 Å². The van der Waals surface area contributed by atoms with E-state index in [1.54, 1.807) is 13.1 Å². The third kappa shape index (κ3) is 4.85. The van der Waals surface area contributed by atoms with Gasteiger partial charge in [-0.25, -0.2) is 9.67 Å². The minimum absolute atomic E-state index is 0.00569. The highest BCUT2D eigenvalue weighted by molar-refractivity contribution is 7.19. The molecule has 1 aliphatic heterocycles. The Kier molecular flexibility index (Phi) is 7.26. The molecule has 0 unspecified atom stereocenters. The Morgan fingerprint density at radius 1 is 1.24 bits per heavy atom. The number of fused-ring (bicyclic) bond motifs is 3.